The quantitative estimate of drug-likeness (QED) is 0.0454. The maximum absolute atomic E-state index is 13.2. The smallest absolute Gasteiger partial charge is 0.187 e. The first kappa shape index (κ1) is 88.0. The molecule has 0 saturated carbocycles. The van der Waals surface area contributed by atoms with E-state index in [1.54, 1.807) is 131 Å². The predicted octanol–water partition coefficient (Wildman–Crippen LogP) is 16.2. The summed E-state index contributed by atoms with van der Waals surface area (Å²) >= 11 is 0. The van der Waals surface area contributed by atoms with E-state index in [1.807, 2.05) is 122 Å². The van der Waals surface area contributed by atoms with Crippen LogP contribution in [0, 0.1) is 75.1 Å². The second-order valence-corrected chi connectivity index (χ2v) is 27.7. The van der Waals surface area contributed by atoms with E-state index in [1.165, 1.54) is 55.8 Å². The molecule has 0 atom stereocenters. The number of carbonyl (C=O) groups is 5. The van der Waals surface area contributed by atoms with Gasteiger partial charge in [0.1, 0.15) is 93.7 Å². The lowest BCUT2D eigenvalue weighted by atomic mass is 10.1. The van der Waals surface area contributed by atoms with Crippen molar-refractivity contribution in [3.05, 3.63) is 358 Å². The fourth-order valence-electron chi connectivity index (χ4n) is 11.3. The average molecular weight is 1650 g/mol. The van der Waals surface area contributed by atoms with Crippen LogP contribution in [0.1, 0.15) is 150 Å². The van der Waals surface area contributed by atoms with Gasteiger partial charge in [0.05, 0.1) is 99.8 Å². The zero-order valence-electron chi connectivity index (χ0n) is 69.1. The normalized spacial score (nSPS) is 10.5. The Balaban J connectivity index is 0.000000150. The molecule has 30 nitrogen and oxygen atoms in total. The molecule has 0 fully saturated rings. The minimum Gasteiger partial charge on any atom is -0.454 e. The molecule has 0 radical (unpaired) electrons. The zero-order valence-corrected chi connectivity index (χ0v) is 69.1. The van der Waals surface area contributed by atoms with Crippen LogP contribution >= 0.6 is 0 Å². The Morgan fingerprint density at radius 1 is 0.268 bits per heavy atom. The SMILES string of the molecule is CCc1cc(Oc2cncnc2)cc(C(=O)Cc2ccc(C)cn2)n1.Cc1cc(Oc2cncnc2)cc(C(=O)Cc2cc(F)ccn2)n1.Cc1ccc(CC(=O)c2cc(Oc3cnc(C)nc3)cc(C)n2)nc1.Cc1cccc(CC(=O)c2cc(Oc3cnc(C)nc3)cc(C)n2)n1.Cc1cccc(CC(=O)c2cc(Oc3cncnc3)cc(C)n2)n1. The monoisotopic (exact) mass is 1650 g/mol. The summed E-state index contributed by atoms with van der Waals surface area (Å²) in [5, 5.41) is 0. The first-order valence-electron chi connectivity index (χ1n) is 38.4. The molecular weight excluding hydrogens is 1560 g/mol. The van der Waals surface area contributed by atoms with Crippen molar-refractivity contribution in [1.82, 2.24) is 99.7 Å². The molecule has 31 heteroatoms. The number of carbonyl (C=O) groups excluding carboxylic acids is 5. The van der Waals surface area contributed by atoms with Gasteiger partial charge < -0.3 is 23.7 Å². The molecule has 0 amide bonds. The Labute approximate surface area is 707 Å². The van der Waals surface area contributed by atoms with Gasteiger partial charge in [-0.05, 0) is 135 Å². The van der Waals surface area contributed by atoms with Gasteiger partial charge in [-0.3, -0.25) is 48.9 Å². The van der Waals surface area contributed by atoms with E-state index >= 15 is 0 Å². The van der Waals surface area contributed by atoms with E-state index in [0.717, 1.165) is 45.3 Å². The predicted molar refractivity (Wildman–Crippen MR) is 450 cm³/mol. The number of aryl methyl sites for hydroxylation is 11. The van der Waals surface area contributed by atoms with Crippen molar-refractivity contribution < 1.29 is 52.0 Å². The molecule has 0 aliphatic carbocycles. The third kappa shape index (κ3) is 28.8. The summed E-state index contributed by atoms with van der Waals surface area (Å²) in [5.41, 5.74) is 12.3. The number of hydrogen-bond acceptors (Lipinski definition) is 30. The van der Waals surface area contributed by atoms with Crippen LogP contribution in [0.25, 0.3) is 0 Å². The van der Waals surface area contributed by atoms with Crippen molar-refractivity contribution >= 4 is 28.9 Å². The summed E-state index contributed by atoms with van der Waals surface area (Å²) < 4.78 is 41.7. The van der Waals surface area contributed by atoms with E-state index < -0.39 is 5.82 Å². The van der Waals surface area contributed by atoms with Crippen molar-refractivity contribution in [3.63, 3.8) is 0 Å². The molecule has 15 aromatic heterocycles. The van der Waals surface area contributed by atoms with Gasteiger partial charge in [0.2, 0.25) is 0 Å². The van der Waals surface area contributed by atoms with Crippen LogP contribution in [-0.4, -0.2) is 129 Å². The number of nitrogens with zero attached hydrogens (tertiary/aromatic N) is 20. The molecule has 15 heterocycles. The van der Waals surface area contributed by atoms with Gasteiger partial charge in [0.25, 0.3) is 0 Å². The van der Waals surface area contributed by atoms with Crippen LogP contribution in [0.2, 0.25) is 0 Å². The van der Waals surface area contributed by atoms with Crippen LogP contribution in [0.5, 0.6) is 57.5 Å². The summed E-state index contributed by atoms with van der Waals surface area (Å²) in [6, 6.07) is 38.1. The Kier molecular flexibility index (Phi) is 31.2. The molecule has 618 valence electrons. The van der Waals surface area contributed by atoms with Gasteiger partial charge in [-0.15, -0.1) is 0 Å². The van der Waals surface area contributed by atoms with Gasteiger partial charge in [-0.1, -0.05) is 31.2 Å². The van der Waals surface area contributed by atoms with Crippen LogP contribution in [0.3, 0.4) is 0 Å². The second-order valence-electron chi connectivity index (χ2n) is 27.7. The lowest BCUT2D eigenvalue weighted by Gasteiger charge is -2.09. The fraction of sp³-hybridized carbons (Fsp3) is 0.185. The molecule has 0 saturated heterocycles. The number of aromatic nitrogens is 20. The minimum atomic E-state index is -0.432. The number of hydrogen-bond donors (Lipinski definition) is 0. The third-order valence-electron chi connectivity index (χ3n) is 17.0. The van der Waals surface area contributed by atoms with Gasteiger partial charge in [-0.2, -0.15) is 0 Å². The molecule has 0 aromatic carbocycles. The summed E-state index contributed by atoms with van der Waals surface area (Å²) in [4.78, 5) is 145. The number of Topliss-reactive ketones (excluding diaryl/α,β-unsaturated/α-hetero) is 5. The van der Waals surface area contributed by atoms with Gasteiger partial charge in [0, 0.05) is 142 Å². The van der Waals surface area contributed by atoms with Crippen LogP contribution in [0.15, 0.2) is 233 Å². The van der Waals surface area contributed by atoms with Crippen molar-refractivity contribution in [2.75, 3.05) is 0 Å². The van der Waals surface area contributed by atoms with E-state index in [9.17, 15) is 28.4 Å². The standard InChI is InChI=1S/3C19H18N4O2.C18H16N4O2.C17H13FN4O2/c1-12-4-5-15(22-9-12)7-19(24)18-8-16(6-13(2)23-18)25-17-10-20-14(3)21-11-17;1-12-5-4-6-15(22-12)8-19(24)18-9-16(7-13(2)23-18)25-17-10-20-14(3)21-11-17;1-3-14-6-16(25-17-10-20-12-21-11-17)8-18(23-14)19(24)7-15-5-4-13(2)9-22-15;1-12-4-3-5-14(21-12)7-18(23)17-8-15(6-13(2)22-17)24-16-9-19-11-20-10-16;1-11-4-14(24-15-8-19-10-20-9-15)7-16(22-11)17(23)6-13-5-12(18)2-3-21-13/h4-6,8-11H,7H2,1-3H3;4-7,9-11H,8H2,1-3H3;4-6,8-12H,3,7H2,1-2H3;3-6,8-11H,7H2,1-2H3;2-5,7-10H,6H2,1H3. The summed E-state index contributed by atoms with van der Waals surface area (Å²) in [6.45, 7) is 20.5. The first-order chi connectivity index (χ1) is 59.3. The maximum atomic E-state index is 13.2. The Hall–Kier alpha value is -15.8. The molecule has 0 spiro atoms. The Morgan fingerprint density at radius 2 is 0.577 bits per heavy atom. The molecule has 0 aliphatic rings. The minimum absolute atomic E-state index is 0.0396. The van der Waals surface area contributed by atoms with E-state index in [2.05, 4.69) is 99.7 Å². The highest BCUT2D eigenvalue weighted by molar-refractivity contribution is 5.98. The topological polar surface area (TPSA) is 389 Å². The van der Waals surface area contributed by atoms with Crippen molar-refractivity contribution in [3.8, 4) is 57.5 Å². The van der Waals surface area contributed by atoms with E-state index in [0.29, 0.717) is 133 Å². The number of pyridine rings is 10. The molecule has 15 aromatic rings. The molecule has 0 aliphatic heterocycles. The lowest BCUT2D eigenvalue weighted by Crippen LogP contribution is -2.09. The molecule has 15 rings (SSSR count). The first-order valence-corrected chi connectivity index (χ1v) is 38.4. The summed E-state index contributed by atoms with van der Waals surface area (Å²) in [5.74, 6) is 5.27. The molecular formula is C92H83FN20O10. The zero-order chi connectivity index (χ0) is 87.2. The molecule has 123 heavy (non-hydrogen) atoms. The van der Waals surface area contributed by atoms with Crippen LogP contribution < -0.4 is 23.7 Å². The highest BCUT2D eigenvalue weighted by Gasteiger charge is 2.20. The van der Waals surface area contributed by atoms with E-state index in [-0.39, 0.29) is 66.7 Å². The molecule has 0 bridgehead atoms. The number of ether oxygens (including phenoxy) is 5. The number of rotatable bonds is 26. The number of halogens is 1. The fourth-order valence-corrected chi connectivity index (χ4v) is 11.3. The van der Waals surface area contributed by atoms with Crippen molar-refractivity contribution in [1.29, 1.82) is 0 Å². The summed E-state index contributed by atoms with van der Waals surface area (Å²) in [7, 11) is 0. The van der Waals surface area contributed by atoms with Crippen LogP contribution in [0.4, 0.5) is 4.39 Å². The Bertz CT molecular complexity index is 5990. The highest BCUT2D eigenvalue weighted by atomic mass is 19.1. The van der Waals surface area contributed by atoms with Crippen molar-refractivity contribution in [2.45, 2.75) is 115 Å². The second kappa shape index (κ2) is 43.6. The average Bonchev–Trinajstić information content (AvgIpc) is 0.858. The van der Waals surface area contributed by atoms with Crippen molar-refractivity contribution in [2.24, 2.45) is 0 Å². The van der Waals surface area contributed by atoms with Crippen LogP contribution in [-0.2, 0) is 38.5 Å². The van der Waals surface area contributed by atoms with Gasteiger partial charge in [0.15, 0.2) is 57.7 Å². The molecule has 0 N–H and O–H groups in total. The van der Waals surface area contributed by atoms with Gasteiger partial charge >= 0.3 is 0 Å². The van der Waals surface area contributed by atoms with E-state index in [4.69, 9.17) is 23.7 Å². The van der Waals surface area contributed by atoms with Gasteiger partial charge in [-0.25, -0.2) is 79.2 Å². The largest absolute Gasteiger partial charge is 0.454 e. The summed E-state index contributed by atoms with van der Waals surface area (Å²) in [6.07, 6.45) is 26.2. The lowest BCUT2D eigenvalue weighted by molar-refractivity contribution is 0.0978. The molecule has 0 unspecified atom stereocenters. The Morgan fingerprint density at radius 3 is 0.886 bits per heavy atom. The maximum Gasteiger partial charge on any atom is 0.187 e. The third-order valence-corrected chi connectivity index (χ3v) is 17.0. The highest BCUT2D eigenvalue weighted by Crippen LogP contribution is 2.29. The number of ketones is 5.